The standard InChI is InChI=1S/C14H18BrN3O2.ClH/c15-12-2-1-11(7-13(12)18(19)20)8-17-6-4-14(10-17)3-5-16-9-14;/h1-2,7,16H,3-6,8-10H2;1H. The van der Waals surface area contributed by atoms with Gasteiger partial charge in [-0.3, -0.25) is 15.0 Å². The summed E-state index contributed by atoms with van der Waals surface area (Å²) in [7, 11) is 0. The molecule has 116 valence electrons. The summed E-state index contributed by atoms with van der Waals surface area (Å²) in [6, 6.07) is 5.42. The van der Waals surface area contributed by atoms with E-state index in [2.05, 4.69) is 26.1 Å². The van der Waals surface area contributed by atoms with Crippen molar-refractivity contribution in [2.75, 3.05) is 26.2 Å². The van der Waals surface area contributed by atoms with Gasteiger partial charge in [-0.2, -0.15) is 0 Å². The first kappa shape index (κ1) is 16.7. The lowest BCUT2D eigenvalue weighted by atomic mass is 9.86. The Hall–Kier alpha value is -0.690. The van der Waals surface area contributed by atoms with E-state index in [1.54, 1.807) is 12.1 Å². The number of likely N-dealkylation sites (tertiary alicyclic amines) is 1. The summed E-state index contributed by atoms with van der Waals surface area (Å²) in [6.45, 7) is 5.23. The molecule has 0 aliphatic carbocycles. The lowest BCUT2D eigenvalue weighted by molar-refractivity contribution is -0.385. The van der Waals surface area contributed by atoms with Gasteiger partial charge in [0, 0.05) is 25.7 Å². The van der Waals surface area contributed by atoms with Crippen LogP contribution in [0.3, 0.4) is 0 Å². The molecule has 3 rings (SSSR count). The quantitative estimate of drug-likeness (QED) is 0.651. The third kappa shape index (κ3) is 3.56. The first-order valence-electron chi connectivity index (χ1n) is 6.94. The van der Waals surface area contributed by atoms with Crippen LogP contribution in [0.5, 0.6) is 0 Å². The number of nitro groups is 1. The van der Waals surface area contributed by atoms with E-state index in [1.807, 2.05) is 6.07 Å². The molecule has 2 heterocycles. The molecule has 1 aromatic rings. The molecule has 0 amide bonds. The van der Waals surface area contributed by atoms with Crippen molar-refractivity contribution >= 4 is 34.0 Å². The zero-order valence-corrected chi connectivity index (χ0v) is 14.1. The molecular formula is C14H19BrClN3O2. The van der Waals surface area contributed by atoms with Crippen LogP contribution in [-0.4, -0.2) is 36.0 Å². The van der Waals surface area contributed by atoms with Gasteiger partial charge < -0.3 is 5.32 Å². The molecule has 2 fully saturated rings. The molecule has 1 aromatic carbocycles. The van der Waals surface area contributed by atoms with Crippen molar-refractivity contribution in [1.82, 2.24) is 10.2 Å². The van der Waals surface area contributed by atoms with Gasteiger partial charge in [0.1, 0.15) is 0 Å². The Morgan fingerprint density at radius 1 is 1.43 bits per heavy atom. The van der Waals surface area contributed by atoms with E-state index in [9.17, 15) is 10.1 Å². The van der Waals surface area contributed by atoms with Crippen molar-refractivity contribution in [1.29, 1.82) is 0 Å². The Morgan fingerprint density at radius 3 is 2.90 bits per heavy atom. The molecule has 5 nitrogen and oxygen atoms in total. The van der Waals surface area contributed by atoms with Crippen molar-refractivity contribution in [3.63, 3.8) is 0 Å². The average Bonchev–Trinajstić information content (AvgIpc) is 3.03. The minimum absolute atomic E-state index is 0. The van der Waals surface area contributed by atoms with Gasteiger partial charge in [-0.05, 0) is 58.9 Å². The van der Waals surface area contributed by atoms with Gasteiger partial charge >= 0.3 is 0 Å². The van der Waals surface area contributed by atoms with E-state index in [0.29, 0.717) is 9.89 Å². The fourth-order valence-electron chi connectivity index (χ4n) is 3.36. The number of halogens is 2. The number of rotatable bonds is 3. The van der Waals surface area contributed by atoms with Gasteiger partial charge in [-0.1, -0.05) is 6.07 Å². The summed E-state index contributed by atoms with van der Waals surface area (Å²) in [5.74, 6) is 0. The molecule has 2 aliphatic rings. The van der Waals surface area contributed by atoms with Crippen LogP contribution in [0, 0.1) is 15.5 Å². The zero-order valence-electron chi connectivity index (χ0n) is 11.7. The SMILES string of the molecule is Cl.O=[N+]([O-])c1cc(CN2CCC3(CCNC3)C2)ccc1Br. The second-order valence-corrected chi connectivity index (χ2v) is 6.78. The zero-order chi connectivity index (χ0) is 14.2. The normalized spacial score (nSPS) is 25.2. The monoisotopic (exact) mass is 375 g/mol. The number of benzene rings is 1. The summed E-state index contributed by atoms with van der Waals surface area (Å²) >= 11 is 3.23. The Kier molecular flexibility index (Phi) is 5.24. The first-order valence-corrected chi connectivity index (χ1v) is 7.73. The predicted octanol–water partition coefficient (Wildman–Crippen LogP) is 2.96. The Balaban J connectivity index is 0.00000161. The first-order chi connectivity index (χ1) is 9.58. The maximum Gasteiger partial charge on any atom is 0.283 e. The topological polar surface area (TPSA) is 58.4 Å². The molecule has 0 radical (unpaired) electrons. The second-order valence-electron chi connectivity index (χ2n) is 5.93. The Morgan fingerprint density at radius 2 is 2.24 bits per heavy atom. The van der Waals surface area contributed by atoms with Gasteiger partial charge in [-0.25, -0.2) is 0 Å². The van der Waals surface area contributed by atoms with Crippen molar-refractivity contribution in [2.24, 2.45) is 5.41 Å². The molecule has 1 atom stereocenters. The van der Waals surface area contributed by atoms with Crippen LogP contribution in [0.1, 0.15) is 18.4 Å². The predicted molar refractivity (Wildman–Crippen MR) is 87.9 cm³/mol. The van der Waals surface area contributed by atoms with E-state index in [1.165, 1.54) is 12.8 Å². The van der Waals surface area contributed by atoms with Crippen LogP contribution in [0.25, 0.3) is 0 Å². The third-order valence-corrected chi connectivity index (χ3v) is 5.13. The second kappa shape index (κ2) is 6.60. The summed E-state index contributed by atoms with van der Waals surface area (Å²) in [5, 5.41) is 14.4. The molecule has 21 heavy (non-hydrogen) atoms. The highest BCUT2D eigenvalue weighted by Crippen LogP contribution is 2.37. The lowest BCUT2D eigenvalue weighted by Crippen LogP contribution is -2.28. The van der Waals surface area contributed by atoms with Gasteiger partial charge in [0.15, 0.2) is 0 Å². The van der Waals surface area contributed by atoms with Crippen LogP contribution in [-0.2, 0) is 6.54 Å². The van der Waals surface area contributed by atoms with Gasteiger partial charge in [0.25, 0.3) is 5.69 Å². The number of nitrogens with zero attached hydrogens (tertiary/aromatic N) is 2. The molecular weight excluding hydrogens is 358 g/mol. The fraction of sp³-hybridized carbons (Fsp3) is 0.571. The molecule has 2 aliphatic heterocycles. The molecule has 0 bridgehead atoms. The van der Waals surface area contributed by atoms with Crippen LogP contribution in [0.4, 0.5) is 5.69 Å². The molecule has 0 aromatic heterocycles. The van der Waals surface area contributed by atoms with Crippen LogP contribution in [0.15, 0.2) is 22.7 Å². The number of nitrogens with one attached hydrogen (secondary N) is 1. The van der Waals surface area contributed by atoms with Crippen molar-refractivity contribution in [2.45, 2.75) is 19.4 Å². The minimum Gasteiger partial charge on any atom is -0.316 e. The van der Waals surface area contributed by atoms with E-state index < -0.39 is 0 Å². The van der Waals surface area contributed by atoms with E-state index in [4.69, 9.17) is 0 Å². The fourth-order valence-corrected chi connectivity index (χ4v) is 3.75. The van der Waals surface area contributed by atoms with Crippen LogP contribution in [0.2, 0.25) is 0 Å². The molecule has 1 spiro atoms. The van der Waals surface area contributed by atoms with Gasteiger partial charge in [0.05, 0.1) is 9.40 Å². The van der Waals surface area contributed by atoms with Gasteiger partial charge in [0.2, 0.25) is 0 Å². The van der Waals surface area contributed by atoms with Gasteiger partial charge in [-0.15, -0.1) is 12.4 Å². The maximum absolute atomic E-state index is 11.0. The van der Waals surface area contributed by atoms with Crippen molar-refractivity contribution < 1.29 is 4.92 Å². The summed E-state index contributed by atoms with van der Waals surface area (Å²) in [4.78, 5) is 13.1. The number of hydrogen-bond donors (Lipinski definition) is 1. The van der Waals surface area contributed by atoms with Crippen molar-refractivity contribution in [3.05, 3.63) is 38.3 Å². The highest BCUT2D eigenvalue weighted by atomic mass is 79.9. The maximum atomic E-state index is 11.0. The Labute approximate surface area is 138 Å². The summed E-state index contributed by atoms with van der Waals surface area (Å²) in [6.07, 6.45) is 2.49. The molecule has 2 saturated heterocycles. The van der Waals surface area contributed by atoms with E-state index in [-0.39, 0.29) is 23.0 Å². The van der Waals surface area contributed by atoms with E-state index >= 15 is 0 Å². The Bertz CT molecular complexity index is 535. The minimum atomic E-state index is -0.333. The molecule has 7 heteroatoms. The van der Waals surface area contributed by atoms with E-state index in [0.717, 1.165) is 38.3 Å². The smallest absolute Gasteiger partial charge is 0.283 e. The van der Waals surface area contributed by atoms with Crippen LogP contribution < -0.4 is 5.32 Å². The number of nitro benzene ring substituents is 1. The number of hydrogen-bond acceptors (Lipinski definition) is 4. The van der Waals surface area contributed by atoms with Crippen molar-refractivity contribution in [3.8, 4) is 0 Å². The van der Waals surface area contributed by atoms with Crippen LogP contribution >= 0.6 is 28.3 Å². The highest BCUT2D eigenvalue weighted by molar-refractivity contribution is 9.10. The highest BCUT2D eigenvalue weighted by Gasteiger charge is 2.40. The largest absolute Gasteiger partial charge is 0.316 e. The molecule has 1 unspecified atom stereocenters. The summed E-state index contributed by atoms with van der Waals surface area (Å²) in [5.41, 5.74) is 1.61. The third-order valence-electron chi connectivity index (χ3n) is 4.46. The summed E-state index contributed by atoms with van der Waals surface area (Å²) < 4.78 is 0.545. The molecule has 1 N–H and O–H groups in total. The molecule has 0 saturated carbocycles. The average molecular weight is 377 g/mol. The lowest BCUT2D eigenvalue weighted by Gasteiger charge is -2.22.